The Morgan fingerprint density at radius 3 is 1.34 bits per heavy atom. The number of carbonyl (C=O) groups is 2. The molecular formula is C58H95NO5. The maximum absolute atomic E-state index is 13.1. The third kappa shape index (κ3) is 44.9. The summed E-state index contributed by atoms with van der Waals surface area (Å²) in [5, 5.41) is 23.6. The Labute approximate surface area is 393 Å². The highest BCUT2D eigenvalue weighted by Crippen LogP contribution is 2.14. The predicted octanol–water partition coefficient (Wildman–Crippen LogP) is 15.7. The number of amides is 1. The minimum absolute atomic E-state index is 0.0682. The number of aliphatic hydroxyl groups excluding tert-OH is 2. The van der Waals surface area contributed by atoms with Crippen LogP contribution < -0.4 is 5.32 Å². The first-order valence-corrected chi connectivity index (χ1v) is 25.8. The highest BCUT2D eigenvalue weighted by Gasteiger charge is 2.23. The van der Waals surface area contributed by atoms with Crippen molar-refractivity contribution in [3.63, 3.8) is 0 Å². The highest BCUT2D eigenvalue weighted by molar-refractivity contribution is 5.78. The average molecular weight is 886 g/mol. The Morgan fingerprint density at radius 2 is 0.875 bits per heavy atom. The van der Waals surface area contributed by atoms with Gasteiger partial charge in [-0.1, -0.05) is 213 Å². The molecule has 0 bridgehead atoms. The number of aliphatic hydroxyl groups is 2. The molecule has 0 aliphatic carbocycles. The van der Waals surface area contributed by atoms with Crippen LogP contribution in [0.1, 0.15) is 207 Å². The Balaban J connectivity index is 4.84. The van der Waals surface area contributed by atoms with E-state index in [-0.39, 0.29) is 24.9 Å². The fraction of sp³-hybridized carbons (Fsp3) is 0.621. The zero-order valence-corrected chi connectivity index (χ0v) is 41.1. The largest absolute Gasteiger partial charge is 0.458 e. The summed E-state index contributed by atoms with van der Waals surface area (Å²) in [7, 11) is 0. The summed E-state index contributed by atoms with van der Waals surface area (Å²) in [6.07, 6.45) is 70.0. The van der Waals surface area contributed by atoms with Crippen LogP contribution >= 0.6 is 0 Å². The lowest BCUT2D eigenvalue weighted by Crippen LogP contribution is -2.46. The van der Waals surface area contributed by atoms with Gasteiger partial charge in [-0.15, -0.1) is 0 Å². The molecule has 0 heterocycles. The second kappa shape index (κ2) is 50.3. The Hall–Kier alpha value is -3.74. The minimum atomic E-state index is -0.832. The van der Waals surface area contributed by atoms with E-state index in [2.05, 4.69) is 135 Å². The van der Waals surface area contributed by atoms with Gasteiger partial charge in [0.2, 0.25) is 5.91 Å². The van der Waals surface area contributed by atoms with Gasteiger partial charge in [-0.05, 0) is 102 Å². The molecule has 6 nitrogen and oxygen atoms in total. The summed E-state index contributed by atoms with van der Waals surface area (Å²) in [4.78, 5) is 26.1. The lowest BCUT2D eigenvalue weighted by atomic mass is 10.0. The van der Waals surface area contributed by atoms with Crippen molar-refractivity contribution in [2.45, 2.75) is 225 Å². The van der Waals surface area contributed by atoms with Gasteiger partial charge in [0.05, 0.1) is 25.2 Å². The lowest BCUT2D eigenvalue weighted by molar-refractivity contribution is -0.148. The van der Waals surface area contributed by atoms with Crippen LogP contribution in [0.4, 0.5) is 0 Å². The number of esters is 1. The quantitative estimate of drug-likeness (QED) is 0.0322. The van der Waals surface area contributed by atoms with Gasteiger partial charge < -0.3 is 20.3 Å². The molecule has 3 unspecified atom stereocenters. The molecule has 0 aromatic heterocycles. The maximum Gasteiger partial charge on any atom is 0.306 e. The summed E-state index contributed by atoms with van der Waals surface area (Å²) >= 11 is 0. The zero-order chi connectivity index (χ0) is 46.7. The number of rotatable bonds is 44. The number of hydrogen-bond donors (Lipinski definition) is 3. The van der Waals surface area contributed by atoms with E-state index in [1.807, 2.05) is 6.08 Å². The topological polar surface area (TPSA) is 95.9 Å². The van der Waals surface area contributed by atoms with Gasteiger partial charge in [0.25, 0.3) is 0 Å². The number of unbranched alkanes of at least 4 members (excludes halogenated alkanes) is 14. The van der Waals surface area contributed by atoms with Gasteiger partial charge in [-0.3, -0.25) is 9.59 Å². The number of nitrogens with one attached hydrogen (secondary N) is 1. The minimum Gasteiger partial charge on any atom is -0.458 e. The molecule has 6 heteroatoms. The van der Waals surface area contributed by atoms with E-state index >= 15 is 0 Å². The number of ether oxygens (including phenoxy) is 1. The standard InChI is InChI=1S/C58H95NO5/c1-4-7-10-13-16-19-21-23-25-27-28-30-32-34-36-39-42-45-48-51-58(63)64-54(49-46-43-40-38-35-33-31-29-26-24-22-20-17-14-11-8-5-2)52-57(62)59-55(53-60)56(61)50-47-44-41-37-18-15-12-9-6-3/h8,11,16-17,19-20,23-26,28,30-31,33-34,36,38,40,46,49,54-56,60-61H,4-7,9-10,12-15,18,21-22,27,29,32,35,37,39,41-45,47-48,50-53H2,1-3H3,(H,59,62)/b11-8-,19-16-,20-17-,25-23-,26-24-,30-28-,33-31-,36-34-,40-38-,49-46-. The normalized spacial score (nSPS) is 14.3. The van der Waals surface area contributed by atoms with Crippen LogP contribution in [-0.4, -0.2) is 46.9 Å². The maximum atomic E-state index is 13.1. The monoisotopic (exact) mass is 886 g/mol. The van der Waals surface area contributed by atoms with Crippen molar-refractivity contribution in [3.8, 4) is 0 Å². The van der Waals surface area contributed by atoms with Gasteiger partial charge in [0.1, 0.15) is 6.10 Å². The number of allylic oxidation sites excluding steroid dienone is 19. The van der Waals surface area contributed by atoms with E-state index in [1.54, 1.807) is 6.08 Å². The van der Waals surface area contributed by atoms with Gasteiger partial charge in [-0.25, -0.2) is 0 Å². The number of hydrogen-bond acceptors (Lipinski definition) is 5. The smallest absolute Gasteiger partial charge is 0.306 e. The molecule has 0 spiro atoms. The van der Waals surface area contributed by atoms with E-state index in [9.17, 15) is 19.8 Å². The van der Waals surface area contributed by atoms with E-state index < -0.39 is 18.2 Å². The molecule has 64 heavy (non-hydrogen) atoms. The molecule has 0 rings (SSSR count). The molecule has 3 N–H and O–H groups in total. The second-order valence-electron chi connectivity index (χ2n) is 16.8. The van der Waals surface area contributed by atoms with E-state index in [0.29, 0.717) is 19.3 Å². The first kappa shape index (κ1) is 60.3. The van der Waals surface area contributed by atoms with Crippen molar-refractivity contribution in [1.29, 1.82) is 0 Å². The summed E-state index contributed by atoms with van der Waals surface area (Å²) in [6.45, 7) is 6.26. The molecule has 0 aliphatic rings. The van der Waals surface area contributed by atoms with Crippen LogP contribution in [0.2, 0.25) is 0 Å². The average Bonchev–Trinajstić information content (AvgIpc) is 3.29. The van der Waals surface area contributed by atoms with Crippen LogP contribution in [0.5, 0.6) is 0 Å². The first-order chi connectivity index (χ1) is 31.5. The fourth-order valence-corrected chi connectivity index (χ4v) is 6.88. The van der Waals surface area contributed by atoms with Crippen LogP contribution in [0, 0.1) is 0 Å². The molecule has 362 valence electrons. The second-order valence-corrected chi connectivity index (χ2v) is 16.8. The van der Waals surface area contributed by atoms with Crippen molar-refractivity contribution >= 4 is 11.9 Å². The number of carbonyl (C=O) groups excluding carboxylic acids is 2. The summed E-state index contributed by atoms with van der Waals surface area (Å²) in [5.41, 5.74) is 0. The van der Waals surface area contributed by atoms with Crippen molar-refractivity contribution in [2.75, 3.05) is 6.61 Å². The van der Waals surface area contributed by atoms with Crippen molar-refractivity contribution in [2.24, 2.45) is 0 Å². The first-order valence-electron chi connectivity index (χ1n) is 25.8. The third-order valence-electron chi connectivity index (χ3n) is 10.8. The lowest BCUT2D eigenvalue weighted by Gasteiger charge is -2.23. The fourth-order valence-electron chi connectivity index (χ4n) is 6.88. The SMILES string of the molecule is CC/C=C\C/C=C\C/C=C\C/C=C\C/C=C\C/C=C\C(CC(=O)NC(CO)C(O)CCCCCCCCCCC)OC(=O)CCCCC/C=C\C/C=C\C/C=C\C/C=C\CCCCC. The van der Waals surface area contributed by atoms with E-state index in [1.165, 1.54) is 64.2 Å². The van der Waals surface area contributed by atoms with Crippen LogP contribution in [-0.2, 0) is 14.3 Å². The molecule has 0 saturated carbocycles. The van der Waals surface area contributed by atoms with Crippen LogP contribution in [0.3, 0.4) is 0 Å². The van der Waals surface area contributed by atoms with Gasteiger partial charge in [0, 0.05) is 6.42 Å². The van der Waals surface area contributed by atoms with Crippen LogP contribution in [0.25, 0.3) is 0 Å². The summed E-state index contributed by atoms with van der Waals surface area (Å²) < 4.78 is 5.81. The van der Waals surface area contributed by atoms with Gasteiger partial charge in [0.15, 0.2) is 0 Å². The Bertz CT molecular complexity index is 1360. The van der Waals surface area contributed by atoms with E-state index in [4.69, 9.17) is 4.74 Å². The molecule has 1 amide bonds. The van der Waals surface area contributed by atoms with Crippen molar-refractivity contribution in [3.05, 3.63) is 122 Å². The van der Waals surface area contributed by atoms with Gasteiger partial charge in [-0.2, -0.15) is 0 Å². The van der Waals surface area contributed by atoms with Gasteiger partial charge >= 0.3 is 5.97 Å². The van der Waals surface area contributed by atoms with Crippen molar-refractivity contribution in [1.82, 2.24) is 5.32 Å². The predicted molar refractivity (Wildman–Crippen MR) is 277 cm³/mol. The van der Waals surface area contributed by atoms with E-state index in [0.717, 1.165) is 96.3 Å². The summed E-state index contributed by atoms with van der Waals surface area (Å²) in [6, 6.07) is -0.757. The highest BCUT2D eigenvalue weighted by atomic mass is 16.5. The zero-order valence-electron chi connectivity index (χ0n) is 41.1. The molecule has 0 fully saturated rings. The molecule has 0 radical (unpaired) electrons. The Kier molecular flexibility index (Phi) is 47.3. The third-order valence-corrected chi connectivity index (χ3v) is 10.8. The van der Waals surface area contributed by atoms with Crippen LogP contribution in [0.15, 0.2) is 122 Å². The summed E-state index contributed by atoms with van der Waals surface area (Å²) in [5.74, 6) is -0.680. The molecular weight excluding hydrogens is 791 g/mol. The molecule has 0 aromatic rings. The molecule has 3 atom stereocenters. The molecule has 0 saturated heterocycles. The molecule has 0 aliphatic heterocycles. The Morgan fingerprint density at radius 1 is 0.484 bits per heavy atom. The molecule has 0 aromatic carbocycles. The van der Waals surface area contributed by atoms with Crippen molar-refractivity contribution < 1.29 is 24.5 Å².